The van der Waals surface area contributed by atoms with Gasteiger partial charge in [0.25, 0.3) is 0 Å². The minimum Gasteiger partial charge on any atom is -0.159 e. The highest BCUT2D eigenvalue weighted by molar-refractivity contribution is 7.99. The van der Waals surface area contributed by atoms with Crippen LogP contribution in [0.1, 0.15) is 45.4 Å². The molecule has 1 aliphatic carbocycles. The molecule has 0 nitrogen and oxygen atoms in total. The van der Waals surface area contributed by atoms with Crippen LogP contribution in [0.25, 0.3) is 0 Å². The van der Waals surface area contributed by atoms with Crippen molar-refractivity contribution in [3.63, 3.8) is 0 Å². The van der Waals surface area contributed by atoms with E-state index in [9.17, 15) is 0 Å². The SMILES string of the molecule is CCCSC1CCCCC1. The lowest BCUT2D eigenvalue weighted by atomic mass is 10.0. The predicted molar refractivity (Wildman–Crippen MR) is 49.6 cm³/mol. The van der Waals surface area contributed by atoms with Gasteiger partial charge < -0.3 is 0 Å². The monoisotopic (exact) mass is 158 g/mol. The largest absolute Gasteiger partial charge is 0.159 e. The summed E-state index contributed by atoms with van der Waals surface area (Å²) in [4.78, 5) is 0. The Morgan fingerprint density at radius 3 is 2.50 bits per heavy atom. The predicted octanol–water partition coefficient (Wildman–Crippen LogP) is 3.46. The highest BCUT2D eigenvalue weighted by atomic mass is 32.2. The van der Waals surface area contributed by atoms with Crippen LogP contribution < -0.4 is 0 Å². The molecular weight excluding hydrogens is 140 g/mol. The van der Waals surface area contributed by atoms with Crippen LogP contribution in [-0.4, -0.2) is 11.0 Å². The van der Waals surface area contributed by atoms with Gasteiger partial charge in [0.15, 0.2) is 0 Å². The second-order valence-electron chi connectivity index (χ2n) is 3.13. The van der Waals surface area contributed by atoms with E-state index in [1.807, 2.05) is 0 Å². The van der Waals surface area contributed by atoms with E-state index in [0.717, 1.165) is 5.25 Å². The van der Waals surface area contributed by atoms with E-state index in [-0.39, 0.29) is 0 Å². The van der Waals surface area contributed by atoms with Gasteiger partial charge >= 0.3 is 0 Å². The van der Waals surface area contributed by atoms with Gasteiger partial charge in [-0.3, -0.25) is 0 Å². The molecule has 60 valence electrons. The number of hydrogen-bond acceptors (Lipinski definition) is 1. The summed E-state index contributed by atoms with van der Waals surface area (Å²) in [5.41, 5.74) is 0. The smallest absolute Gasteiger partial charge is 0.00470 e. The third-order valence-corrected chi connectivity index (χ3v) is 3.70. The number of rotatable bonds is 3. The number of hydrogen-bond donors (Lipinski definition) is 0. The van der Waals surface area contributed by atoms with E-state index in [2.05, 4.69) is 18.7 Å². The fourth-order valence-corrected chi connectivity index (χ4v) is 2.75. The van der Waals surface area contributed by atoms with Gasteiger partial charge in [-0.05, 0) is 25.0 Å². The number of thioether (sulfide) groups is 1. The van der Waals surface area contributed by atoms with E-state index in [1.165, 1.54) is 44.3 Å². The zero-order valence-corrected chi connectivity index (χ0v) is 7.75. The summed E-state index contributed by atoms with van der Waals surface area (Å²) in [7, 11) is 0. The van der Waals surface area contributed by atoms with Crippen molar-refractivity contribution in [3.8, 4) is 0 Å². The third-order valence-electron chi connectivity index (χ3n) is 2.11. The van der Waals surface area contributed by atoms with Crippen LogP contribution in [0.2, 0.25) is 0 Å². The fraction of sp³-hybridized carbons (Fsp3) is 1.00. The van der Waals surface area contributed by atoms with Gasteiger partial charge in [0.2, 0.25) is 0 Å². The van der Waals surface area contributed by atoms with Crippen LogP contribution in [0.5, 0.6) is 0 Å². The molecule has 1 fully saturated rings. The normalized spacial score (nSPS) is 21.3. The van der Waals surface area contributed by atoms with Gasteiger partial charge in [-0.1, -0.05) is 26.2 Å². The first kappa shape index (κ1) is 8.45. The molecule has 0 aromatic rings. The van der Waals surface area contributed by atoms with E-state index >= 15 is 0 Å². The first-order valence-corrected chi connectivity index (χ1v) is 5.60. The van der Waals surface area contributed by atoms with Gasteiger partial charge in [-0.25, -0.2) is 0 Å². The Morgan fingerprint density at radius 2 is 1.90 bits per heavy atom. The van der Waals surface area contributed by atoms with Gasteiger partial charge in [0.05, 0.1) is 0 Å². The molecule has 0 radical (unpaired) electrons. The lowest BCUT2D eigenvalue weighted by Gasteiger charge is -2.20. The average molecular weight is 158 g/mol. The molecule has 0 aromatic carbocycles. The van der Waals surface area contributed by atoms with Crippen LogP contribution in [0.15, 0.2) is 0 Å². The molecule has 1 rings (SSSR count). The lowest BCUT2D eigenvalue weighted by molar-refractivity contribution is 0.516. The van der Waals surface area contributed by atoms with Crippen molar-refractivity contribution >= 4 is 11.8 Å². The van der Waals surface area contributed by atoms with Crippen molar-refractivity contribution in [2.45, 2.75) is 50.7 Å². The summed E-state index contributed by atoms with van der Waals surface area (Å²) >= 11 is 2.20. The first-order valence-electron chi connectivity index (χ1n) is 4.55. The van der Waals surface area contributed by atoms with Crippen molar-refractivity contribution in [1.82, 2.24) is 0 Å². The molecule has 1 heteroatoms. The van der Waals surface area contributed by atoms with Crippen molar-refractivity contribution < 1.29 is 0 Å². The standard InChI is InChI=1S/C9H18S/c1-2-8-10-9-6-4-3-5-7-9/h9H,2-8H2,1H3. The van der Waals surface area contributed by atoms with Crippen molar-refractivity contribution in [3.05, 3.63) is 0 Å². The maximum atomic E-state index is 2.27. The second kappa shape index (κ2) is 5.06. The topological polar surface area (TPSA) is 0 Å². The van der Waals surface area contributed by atoms with E-state index in [4.69, 9.17) is 0 Å². The zero-order valence-electron chi connectivity index (χ0n) is 6.94. The Kier molecular flexibility index (Phi) is 4.27. The van der Waals surface area contributed by atoms with E-state index in [0.29, 0.717) is 0 Å². The molecule has 1 aliphatic rings. The quantitative estimate of drug-likeness (QED) is 0.606. The zero-order chi connectivity index (χ0) is 7.23. The van der Waals surface area contributed by atoms with Gasteiger partial charge in [0, 0.05) is 5.25 Å². The summed E-state index contributed by atoms with van der Waals surface area (Å²) in [5.74, 6) is 1.38. The molecule has 0 atom stereocenters. The van der Waals surface area contributed by atoms with Crippen molar-refractivity contribution in [1.29, 1.82) is 0 Å². The summed E-state index contributed by atoms with van der Waals surface area (Å²) in [6, 6.07) is 0. The maximum Gasteiger partial charge on any atom is 0.00470 e. The molecule has 0 aromatic heterocycles. The van der Waals surface area contributed by atoms with Crippen molar-refractivity contribution in [2.24, 2.45) is 0 Å². The Labute approximate surface area is 68.8 Å². The van der Waals surface area contributed by atoms with Gasteiger partial charge in [-0.15, -0.1) is 0 Å². The maximum absolute atomic E-state index is 2.27. The fourth-order valence-electron chi connectivity index (χ4n) is 1.52. The molecule has 0 amide bonds. The lowest BCUT2D eigenvalue weighted by Crippen LogP contribution is -2.08. The first-order chi connectivity index (χ1) is 4.93. The van der Waals surface area contributed by atoms with Gasteiger partial charge in [-0.2, -0.15) is 11.8 Å². The van der Waals surface area contributed by atoms with Crippen LogP contribution >= 0.6 is 11.8 Å². The second-order valence-corrected chi connectivity index (χ2v) is 4.54. The average Bonchev–Trinajstić information content (AvgIpc) is 2.03. The van der Waals surface area contributed by atoms with Crippen LogP contribution in [0.3, 0.4) is 0 Å². The molecule has 10 heavy (non-hydrogen) atoms. The molecule has 0 N–H and O–H groups in total. The summed E-state index contributed by atoms with van der Waals surface area (Å²) in [5, 5.41) is 1.02. The van der Waals surface area contributed by atoms with Crippen LogP contribution in [-0.2, 0) is 0 Å². The molecule has 0 unspecified atom stereocenters. The summed E-state index contributed by atoms with van der Waals surface area (Å²) in [6.45, 7) is 2.27. The highest BCUT2D eigenvalue weighted by Gasteiger charge is 2.12. The highest BCUT2D eigenvalue weighted by Crippen LogP contribution is 2.28. The minimum atomic E-state index is 1.02. The molecule has 0 aliphatic heterocycles. The summed E-state index contributed by atoms with van der Waals surface area (Å²) < 4.78 is 0. The Morgan fingerprint density at radius 1 is 1.20 bits per heavy atom. The summed E-state index contributed by atoms with van der Waals surface area (Å²) in [6.07, 6.45) is 8.79. The minimum absolute atomic E-state index is 1.02. The van der Waals surface area contributed by atoms with E-state index in [1.54, 1.807) is 0 Å². The third kappa shape index (κ3) is 2.96. The Bertz CT molecular complexity index is 74.8. The molecule has 0 heterocycles. The van der Waals surface area contributed by atoms with Crippen LogP contribution in [0.4, 0.5) is 0 Å². The molecule has 0 saturated heterocycles. The van der Waals surface area contributed by atoms with E-state index < -0.39 is 0 Å². The molecule has 1 saturated carbocycles. The van der Waals surface area contributed by atoms with Crippen molar-refractivity contribution in [2.75, 3.05) is 5.75 Å². The molecule has 0 spiro atoms. The molecular formula is C9H18S. The molecule has 0 bridgehead atoms. The van der Waals surface area contributed by atoms with Crippen LogP contribution in [0, 0.1) is 0 Å². The Balaban J connectivity index is 2.02. The Hall–Kier alpha value is 0.350. The van der Waals surface area contributed by atoms with Gasteiger partial charge in [0.1, 0.15) is 0 Å².